The summed E-state index contributed by atoms with van der Waals surface area (Å²) in [5.41, 5.74) is 3.07. The van der Waals surface area contributed by atoms with Crippen LogP contribution in [-0.2, 0) is 13.0 Å². The predicted molar refractivity (Wildman–Crippen MR) is 50.6 cm³/mol. The van der Waals surface area contributed by atoms with Gasteiger partial charge in [0, 0.05) is 12.1 Å². The van der Waals surface area contributed by atoms with Crippen LogP contribution in [0, 0.1) is 11.3 Å². The van der Waals surface area contributed by atoms with Crippen LogP contribution >= 0.6 is 0 Å². The highest BCUT2D eigenvalue weighted by Crippen LogP contribution is 2.37. The lowest BCUT2D eigenvalue weighted by Gasteiger charge is -2.14. The van der Waals surface area contributed by atoms with Crippen LogP contribution in [0.15, 0.2) is 0 Å². The van der Waals surface area contributed by atoms with Crippen LogP contribution in [0.25, 0.3) is 0 Å². The largest absolute Gasteiger partial charge is 0.311 e. The summed E-state index contributed by atoms with van der Waals surface area (Å²) in [6, 6.07) is 2.77. The second-order valence-corrected chi connectivity index (χ2v) is 3.99. The van der Waals surface area contributed by atoms with Gasteiger partial charge in [-0.2, -0.15) is 10.4 Å². The Balaban J connectivity index is 2.12. The summed E-state index contributed by atoms with van der Waals surface area (Å²) < 4.78 is 2.07. The molecule has 1 aromatic rings. The smallest absolute Gasteiger partial charge is 0.166 e. The Bertz CT molecular complexity index is 408. The van der Waals surface area contributed by atoms with Crippen LogP contribution in [0.1, 0.15) is 35.8 Å². The Hall–Kier alpha value is -1.34. The van der Waals surface area contributed by atoms with Crippen molar-refractivity contribution in [2.75, 3.05) is 6.54 Å². The van der Waals surface area contributed by atoms with Gasteiger partial charge in [0.05, 0.1) is 11.7 Å². The minimum atomic E-state index is 0.575. The number of fused-ring (bicyclic) bond motifs is 1. The molecule has 4 nitrogen and oxygen atoms in total. The summed E-state index contributed by atoms with van der Waals surface area (Å²) >= 11 is 0. The molecular weight excluding hydrogens is 176 g/mol. The van der Waals surface area contributed by atoms with Crippen molar-refractivity contribution in [3.05, 3.63) is 17.0 Å². The van der Waals surface area contributed by atoms with E-state index in [4.69, 9.17) is 5.26 Å². The fourth-order valence-corrected chi connectivity index (χ4v) is 2.08. The molecule has 0 saturated heterocycles. The van der Waals surface area contributed by atoms with Crippen LogP contribution < -0.4 is 5.32 Å². The summed E-state index contributed by atoms with van der Waals surface area (Å²) in [7, 11) is 0. The molecule has 3 rings (SSSR count). The molecule has 4 heteroatoms. The van der Waals surface area contributed by atoms with E-state index in [0.717, 1.165) is 19.5 Å². The van der Waals surface area contributed by atoms with Gasteiger partial charge in [-0.25, -0.2) is 0 Å². The van der Waals surface area contributed by atoms with Gasteiger partial charge < -0.3 is 5.32 Å². The van der Waals surface area contributed by atoms with Gasteiger partial charge in [0.25, 0.3) is 0 Å². The molecule has 14 heavy (non-hydrogen) atoms. The molecule has 1 aliphatic heterocycles. The van der Waals surface area contributed by atoms with Crippen LogP contribution in [-0.4, -0.2) is 16.3 Å². The third-order valence-corrected chi connectivity index (χ3v) is 2.96. The molecule has 0 amide bonds. The zero-order chi connectivity index (χ0) is 9.54. The summed E-state index contributed by atoms with van der Waals surface area (Å²) in [4.78, 5) is 0. The number of nitrogens with one attached hydrogen (secondary N) is 1. The predicted octanol–water partition coefficient (Wildman–Crippen LogP) is 0.735. The summed E-state index contributed by atoms with van der Waals surface area (Å²) in [6.07, 6.45) is 3.39. The maximum atomic E-state index is 8.96. The Morgan fingerprint density at radius 3 is 3.07 bits per heavy atom. The van der Waals surface area contributed by atoms with Crippen molar-refractivity contribution < 1.29 is 0 Å². The number of aromatic nitrogens is 2. The van der Waals surface area contributed by atoms with E-state index in [2.05, 4.69) is 21.2 Å². The molecule has 1 aromatic heterocycles. The second-order valence-electron chi connectivity index (χ2n) is 3.99. The molecule has 0 spiro atoms. The molecule has 0 aromatic carbocycles. The normalized spacial score (nSPS) is 20.2. The quantitative estimate of drug-likeness (QED) is 0.707. The first-order valence-corrected chi connectivity index (χ1v) is 5.11. The molecule has 0 radical (unpaired) electrons. The molecule has 0 unspecified atom stereocenters. The lowest BCUT2D eigenvalue weighted by atomic mass is 10.1. The van der Waals surface area contributed by atoms with Crippen molar-refractivity contribution in [3.8, 4) is 6.07 Å². The first kappa shape index (κ1) is 8.01. The van der Waals surface area contributed by atoms with E-state index < -0.39 is 0 Å². The van der Waals surface area contributed by atoms with Crippen molar-refractivity contribution in [1.29, 1.82) is 5.26 Å². The maximum Gasteiger partial charge on any atom is 0.166 e. The van der Waals surface area contributed by atoms with Crippen LogP contribution in [0.3, 0.4) is 0 Å². The SMILES string of the molecule is N#Cc1nn(C2CC2)c2c1CCNC2. The van der Waals surface area contributed by atoms with Crippen molar-refractivity contribution in [3.63, 3.8) is 0 Å². The Morgan fingerprint density at radius 1 is 1.50 bits per heavy atom. The van der Waals surface area contributed by atoms with Gasteiger partial charge in [-0.1, -0.05) is 0 Å². The van der Waals surface area contributed by atoms with Crippen molar-refractivity contribution in [2.24, 2.45) is 0 Å². The molecule has 2 aliphatic rings. The van der Waals surface area contributed by atoms with Gasteiger partial charge >= 0.3 is 0 Å². The third kappa shape index (κ3) is 1.06. The fourth-order valence-electron chi connectivity index (χ4n) is 2.08. The molecular formula is C10H12N4. The zero-order valence-corrected chi connectivity index (χ0v) is 7.95. The first-order chi connectivity index (χ1) is 6.90. The monoisotopic (exact) mass is 188 g/mol. The highest BCUT2D eigenvalue weighted by Gasteiger charge is 2.30. The lowest BCUT2D eigenvalue weighted by molar-refractivity contribution is 0.550. The molecule has 2 heterocycles. The topological polar surface area (TPSA) is 53.6 Å². The van der Waals surface area contributed by atoms with E-state index in [9.17, 15) is 0 Å². The average molecular weight is 188 g/mol. The van der Waals surface area contributed by atoms with Crippen LogP contribution in [0.5, 0.6) is 0 Å². The lowest BCUT2D eigenvalue weighted by Crippen LogP contribution is -2.25. The van der Waals surface area contributed by atoms with Gasteiger partial charge in [0.1, 0.15) is 6.07 Å². The van der Waals surface area contributed by atoms with Crippen molar-refractivity contribution in [2.45, 2.75) is 31.8 Å². The van der Waals surface area contributed by atoms with E-state index >= 15 is 0 Å². The summed E-state index contributed by atoms with van der Waals surface area (Å²) in [5.74, 6) is 0. The van der Waals surface area contributed by atoms with E-state index in [1.54, 1.807) is 0 Å². The van der Waals surface area contributed by atoms with Gasteiger partial charge in [0.2, 0.25) is 0 Å². The summed E-state index contributed by atoms with van der Waals surface area (Å²) in [6.45, 7) is 1.85. The standard InChI is InChI=1S/C10H12N4/c11-5-9-8-3-4-12-6-10(8)14(13-9)7-1-2-7/h7,12H,1-4,6H2. The van der Waals surface area contributed by atoms with E-state index in [-0.39, 0.29) is 0 Å². The minimum Gasteiger partial charge on any atom is -0.311 e. The van der Waals surface area contributed by atoms with Crippen molar-refractivity contribution >= 4 is 0 Å². The Morgan fingerprint density at radius 2 is 2.36 bits per heavy atom. The van der Waals surface area contributed by atoms with E-state index in [1.807, 2.05) is 0 Å². The third-order valence-electron chi connectivity index (χ3n) is 2.96. The number of nitrogens with zero attached hydrogens (tertiary/aromatic N) is 3. The first-order valence-electron chi connectivity index (χ1n) is 5.11. The summed E-state index contributed by atoms with van der Waals surface area (Å²) in [5, 5.41) is 16.7. The zero-order valence-electron chi connectivity index (χ0n) is 7.95. The Labute approximate surface area is 82.5 Å². The van der Waals surface area contributed by atoms with Gasteiger partial charge in [-0.15, -0.1) is 0 Å². The fraction of sp³-hybridized carbons (Fsp3) is 0.600. The maximum absolute atomic E-state index is 8.96. The molecule has 1 N–H and O–H groups in total. The molecule has 0 bridgehead atoms. The molecule has 1 saturated carbocycles. The molecule has 1 fully saturated rings. The minimum absolute atomic E-state index is 0.575. The van der Waals surface area contributed by atoms with E-state index in [1.165, 1.54) is 24.1 Å². The number of hydrogen-bond donors (Lipinski definition) is 1. The van der Waals surface area contributed by atoms with Gasteiger partial charge in [0.15, 0.2) is 5.69 Å². The van der Waals surface area contributed by atoms with E-state index in [0.29, 0.717) is 11.7 Å². The van der Waals surface area contributed by atoms with Crippen molar-refractivity contribution in [1.82, 2.24) is 15.1 Å². The van der Waals surface area contributed by atoms with Gasteiger partial charge in [-0.05, 0) is 25.8 Å². The highest BCUT2D eigenvalue weighted by atomic mass is 15.3. The number of nitriles is 1. The van der Waals surface area contributed by atoms with Crippen LogP contribution in [0.2, 0.25) is 0 Å². The highest BCUT2D eigenvalue weighted by molar-refractivity contribution is 5.37. The van der Waals surface area contributed by atoms with Crippen LogP contribution in [0.4, 0.5) is 0 Å². The molecule has 0 atom stereocenters. The second kappa shape index (κ2) is 2.82. The number of rotatable bonds is 1. The Kier molecular flexibility index (Phi) is 1.62. The molecule has 1 aliphatic carbocycles. The molecule has 72 valence electrons. The average Bonchev–Trinajstić information content (AvgIpc) is 3.00. The van der Waals surface area contributed by atoms with Gasteiger partial charge in [-0.3, -0.25) is 4.68 Å². The number of hydrogen-bond acceptors (Lipinski definition) is 3.